The fourth-order valence-corrected chi connectivity index (χ4v) is 4.85. The molecule has 12 heteroatoms. The SMILES string of the molecule is [C-]#[N+]c1ccc(COc2cccc(N3CCC(=CC(=O)Nc4ccc(C(=O)OC(C)(C)C)nc4NC[C@@H]4CCO4)CC3)n2)c(F)c1. The highest BCUT2D eigenvalue weighted by Gasteiger charge is 2.23. The standard InChI is InChI=1S/C34H37FN6O5/c1-34(2,3)46-33(43)28-11-10-27(32(39-28)37-20-25-14-17-44-25)38-30(42)18-22-12-15-41(16-13-22)29-6-5-7-31(40-29)45-21-23-8-9-24(36-4)19-26(23)35/h5-11,18-19,25H,12-17,20-21H2,1-3H3,(H,37,39)(H,38,42)/t25-/m0/s1. The van der Waals surface area contributed by atoms with Gasteiger partial charge in [-0.15, -0.1) is 0 Å². The number of hydrogen-bond donors (Lipinski definition) is 2. The van der Waals surface area contributed by atoms with Crippen LogP contribution in [0.25, 0.3) is 4.85 Å². The van der Waals surface area contributed by atoms with Crippen molar-refractivity contribution in [3.8, 4) is 5.88 Å². The van der Waals surface area contributed by atoms with Gasteiger partial charge in [0.1, 0.15) is 23.8 Å². The number of rotatable bonds is 10. The van der Waals surface area contributed by atoms with E-state index in [1.807, 2.05) is 12.1 Å². The van der Waals surface area contributed by atoms with Crippen molar-refractivity contribution in [3.63, 3.8) is 0 Å². The summed E-state index contributed by atoms with van der Waals surface area (Å²) in [5, 5.41) is 6.11. The van der Waals surface area contributed by atoms with Crippen molar-refractivity contribution < 1.29 is 28.2 Å². The largest absolute Gasteiger partial charge is 0.473 e. The Morgan fingerprint density at radius 2 is 1.93 bits per heavy atom. The molecule has 1 aromatic carbocycles. The number of halogens is 1. The predicted molar refractivity (Wildman–Crippen MR) is 172 cm³/mol. The molecule has 2 aliphatic heterocycles. The van der Waals surface area contributed by atoms with E-state index in [0.717, 1.165) is 17.8 Å². The minimum absolute atomic E-state index is 0.00654. The number of carbonyl (C=O) groups is 2. The maximum Gasteiger partial charge on any atom is 0.357 e. The molecule has 2 saturated heterocycles. The first-order chi connectivity index (χ1) is 22.1. The Morgan fingerprint density at radius 3 is 2.61 bits per heavy atom. The molecule has 3 aromatic rings. The van der Waals surface area contributed by atoms with Gasteiger partial charge in [-0.1, -0.05) is 23.8 Å². The Morgan fingerprint density at radius 1 is 1.15 bits per heavy atom. The minimum atomic E-state index is -0.665. The van der Waals surface area contributed by atoms with Crippen LogP contribution in [-0.2, 0) is 20.9 Å². The van der Waals surface area contributed by atoms with Gasteiger partial charge in [0.25, 0.3) is 0 Å². The smallest absolute Gasteiger partial charge is 0.357 e. The molecule has 5 rings (SSSR count). The van der Waals surface area contributed by atoms with Gasteiger partial charge in [-0.05, 0) is 64.3 Å². The minimum Gasteiger partial charge on any atom is -0.473 e. The van der Waals surface area contributed by atoms with E-state index in [9.17, 15) is 14.0 Å². The Bertz CT molecular complexity index is 1650. The molecule has 4 heterocycles. The molecule has 11 nitrogen and oxygen atoms in total. The average molecular weight is 629 g/mol. The lowest BCUT2D eigenvalue weighted by molar-refractivity contribution is -0.112. The van der Waals surface area contributed by atoms with E-state index in [1.165, 1.54) is 12.1 Å². The van der Waals surface area contributed by atoms with Gasteiger partial charge >= 0.3 is 5.97 Å². The van der Waals surface area contributed by atoms with Crippen molar-refractivity contribution in [2.24, 2.45) is 0 Å². The first-order valence-corrected chi connectivity index (χ1v) is 15.2. The lowest BCUT2D eigenvalue weighted by Crippen LogP contribution is -2.34. The molecule has 0 radical (unpaired) electrons. The van der Waals surface area contributed by atoms with E-state index in [2.05, 4.69) is 30.3 Å². The van der Waals surface area contributed by atoms with E-state index in [1.54, 1.807) is 51.1 Å². The van der Waals surface area contributed by atoms with Gasteiger partial charge < -0.3 is 29.7 Å². The Balaban J connectivity index is 1.18. The molecular formula is C34H37FN6O5. The van der Waals surface area contributed by atoms with Gasteiger partial charge in [0.05, 0.1) is 18.4 Å². The van der Waals surface area contributed by atoms with Gasteiger partial charge in [0.15, 0.2) is 17.2 Å². The van der Waals surface area contributed by atoms with Crippen molar-refractivity contribution in [1.29, 1.82) is 0 Å². The van der Waals surface area contributed by atoms with Crippen molar-refractivity contribution >= 4 is 34.9 Å². The van der Waals surface area contributed by atoms with E-state index < -0.39 is 17.4 Å². The summed E-state index contributed by atoms with van der Waals surface area (Å²) in [6.07, 6.45) is 3.92. The van der Waals surface area contributed by atoms with Crippen LogP contribution in [0.3, 0.4) is 0 Å². The van der Waals surface area contributed by atoms with Crippen molar-refractivity contribution in [2.45, 2.75) is 58.3 Å². The van der Waals surface area contributed by atoms with E-state index >= 15 is 0 Å². The highest BCUT2D eigenvalue weighted by atomic mass is 19.1. The molecular weight excluding hydrogens is 591 g/mol. The first-order valence-electron chi connectivity index (χ1n) is 15.2. The van der Waals surface area contributed by atoms with Crippen LogP contribution in [0.1, 0.15) is 56.1 Å². The van der Waals surface area contributed by atoms with Crippen LogP contribution in [0.2, 0.25) is 0 Å². The second kappa shape index (κ2) is 14.4. The van der Waals surface area contributed by atoms with Gasteiger partial charge in [0, 0.05) is 43.9 Å². The number of aromatic nitrogens is 2. The second-order valence-electron chi connectivity index (χ2n) is 12.0. The van der Waals surface area contributed by atoms with Crippen molar-refractivity contribution in [2.75, 3.05) is 41.8 Å². The van der Waals surface area contributed by atoms with Crippen LogP contribution in [0.4, 0.5) is 27.4 Å². The van der Waals surface area contributed by atoms with Crippen LogP contribution in [0.5, 0.6) is 5.88 Å². The van der Waals surface area contributed by atoms with Gasteiger partial charge in [-0.2, -0.15) is 4.98 Å². The molecule has 0 spiro atoms. The third-order valence-electron chi connectivity index (χ3n) is 7.37. The summed E-state index contributed by atoms with van der Waals surface area (Å²) in [6, 6.07) is 12.9. The third-order valence-corrected chi connectivity index (χ3v) is 7.37. The summed E-state index contributed by atoms with van der Waals surface area (Å²) in [5.41, 5.74) is 1.50. The number of benzene rings is 1. The summed E-state index contributed by atoms with van der Waals surface area (Å²) >= 11 is 0. The topological polar surface area (TPSA) is 119 Å². The molecule has 1 atom stereocenters. The predicted octanol–water partition coefficient (Wildman–Crippen LogP) is 6.07. The maximum absolute atomic E-state index is 14.2. The van der Waals surface area contributed by atoms with Crippen LogP contribution in [-0.4, -0.2) is 59.8 Å². The van der Waals surface area contributed by atoms with Crippen LogP contribution >= 0.6 is 0 Å². The fourth-order valence-electron chi connectivity index (χ4n) is 4.85. The molecule has 240 valence electrons. The molecule has 0 unspecified atom stereocenters. The first kappa shape index (κ1) is 32.4. The highest BCUT2D eigenvalue weighted by Crippen LogP contribution is 2.26. The fraction of sp³-hybridized carbons (Fsp3) is 0.382. The van der Waals surface area contributed by atoms with Crippen molar-refractivity contribution in [1.82, 2.24) is 9.97 Å². The molecule has 2 fully saturated rings. The van der Waals surface area contributed by atoms with Gasteiger partial charge in [0.2, 0.25) is 11.8 Å². The summed E-state index contributed by atoms with van der Waals surface area (Å²) in [5.74, 6) is 0.141. The zero-order valence-corrected chi connectivity index (χ0v) is 26.1. The van der Waals surface area contributed by atoms with E-state index in [-0.39, 0.29) is 30.0 Å². The molecule has 2 aliphatic rings. The normalized spacial score (nSPS) is 16.1. The number of anilines is 3. The number of amides is 1. The third kappa shape index (κ3) is 8.79. The zero-order valence-electron chi connectivity index (χ0n) is 26.1. The van der Waals surface area contributed by atoms with Crippen LogP contribution < -0.4 is 20.3 Å². The quantitative estimate of drug-likeness (QED) is 0.157. The molecule has 46 heavy (non-hydrogen) atoms. The zero-order chi connectivity index (χ0) is 32.7. The van der Waals surface area contributed by atoms with Gasteiger partial charge in [-0.25, -0.2) is 19.0 Å². The van der Waals surface area contributed by atoms with Crippen molar-refractivity contribution in [3.05, 3.63) is 88.7 Å². The monoisotopic (exact) mass is 628 g/mol. The number of nitrogens with zero attached hydrogens (tertiary/aromatic N) is 4. The van der Waals surface area contributed by atoms with Crippen LogP contribution in [0, 0.1) is 12.4 Å². The van der Waals surface area contributed by atoms with E-state index in [0.29, 0.717) is 62.0 Å². The Kier molecular flexibility index (Phi) is 10.1. The number of piperidine rings is 1. The number of nitrogens with one attached hydrogen (secondary N) is 2. The number of ether oxygens (including phenoxy) is 3. The molecule has 2 N–H and O–H groups in total. The summed E-state index contributed by atoms with van der Waals surface area (Å²) in [7, 11) is 0. The number of esters is 1. The maximum atomic E-state index is 14.2. The Labute approximate surface area is 267 Å². The lowest BCUT2D eigenvalue weighted by Gasteiger charge is -2.29. The summed E-state index contributed by atoms with van der Waals surface area (Å²) in [4.78, 5) is 40.0. The Hall–Kier alpha value is -5.02. The average Bonchev–Trinajstić information content (AvgIpc) is 3.00. The summed E-state index contributed by atoms with van der Waals surface area (Å²) in [6.45, 7) is 14.9. The number of pyridine rings is 2. The molecule has 2 aromatic heterocycles. The van der Waals surface area contributed by atoms with Crippen LogP contribution in [0.15, 0.2) is 60.2 Å². The number of carbonyl (C=O) groups excluding carboxylic acids is 2. The lowest BCUT2D eigenvalue weighted by atomic mass is 10.0. The molecule has 0 saturated carbocycles. The summed E-state index contributed by atoms with van der Waals surface area (Å²) < 4.78 is 30.9. The highest BCUT2D eigenvalue weighted by molar-refractivity contribution is 6.02. The van der Waals surface area contributed by atoms with E-state index in [4.69, 9.17) is 20.8 Å². The van der Waals surface area contributed by atoms with Gasteiger partial charge in [-0.3, -0.25) is 4.79 Å². The molecule has 0 bridgehead atoms. The second-order valence-corrected chi connectivity index (χ2v) is 12.0. The molecule has 1 amide bonds. The molecule has 0 aliphatic carbocycles. The number of hydrogen-bond acceptors (Lipinski definition) is 9.